The predicted molar refractivity (Wildman–Crippen MR) is 68.3 cm³/mol. The van der Waals surface area contributed by atoms with Gasteiger partial charge in [-0.15, -0.1) is 0 Å². The fourth-order valence-corrected chi connectivity index (χ4v) is 2.75. The molecule has 0 aromatic rings. The number of urea groups is 1. The lowest BCUT2D eigenvalue weighted by Gasteiger charge is -2.32. The van der Waals surface area contributed by atoms with Gasteiger partial charge in [-0.1, -0.05) is 20.8 Å². The second-order valence-corrected chi connectivity index (χ2v) is 6.18. The fourth-order valence-electron chi connectivity index (χ4n) is 1.74. The van der Waals surface area contributed by atoms with Gasteiger partial charge in [0, 0.05) is 24.1 Å². The van der Waals surface area contributed by atoms with Crippen molar-refractivity contribution in [3.8, 4) is 0 Å². The zero-order chi connectivity index (χ0) is 13.0. The summed E-state index contributed by atoms with van der Waals surface area (Å²) in [4.78, 5) is 24.6. The molecule has 2 N–H and O–H groups in total. The van der Waals surface area contributed by atoms with E-state index < -0.39 is 12.0 Å². The molecule has 0 spiro atoms. The zero-order valence-electron chi connectivity index (χ0n) is 10.5. The van der Waals surface area contributed by atoms with Crippen molar-refractivity contribution < 1.29 is 14.7 Å². The summed E-state index contributed by atoms with van der Waals surface area (Å²) in [5.41, 5.74) is 0. The Morgan fingerprint density at radius 3 is 2.59 bits per heavy atom. The average molecular weight is 260 g/mol. The number of rotatable bonds is 3. The third-order valence-corrected chi connectivity index (χ3v) is 3.88. The fraction of sp³-hybridized carbons (Fsp3) is 0.818. The second kappa shape index (κ2) is 6.14. The van der Waals surface area contributed by atoms with Gasteiger partial charge in [0.1, 0.15) is 6.04 Å². The Balaban J connectivity index is 2.54. The van der Waals surface area contributed by atoms with Gasteiger partial charge in [0.25, 0.3) is 0 Å². The number of hydrogen-bond acceptors (Lipinski definition) is 3. The van der Waals surface area contributed by atoms with Gasteiger partial charge in [0.05, 0.1) is 0 Å². The van der Waals surface area contributed by atoms with Crippen molar-refractivity contribution in [1.29, 1.82) is 0 Å². The Labute approximate surface area is 106 Å². The minimum Gasteiger partial charge on any atom is -0.480 e. The molecule has 0 aliphatic carbocycles. The van der Waals surface area contributed by atoms with Crippen LogP contribution in [0.1, 0.15) is 20.8 Å². The van der Waals surface area contributed by atoms with Crippen LogP contribution in [0.4, 0.5) is 4.79 Å². The number of nitrogens with zero attached hydrogens (tertiary/aromatic N) is 1. The van der Waals surface area contributed by atoms with Gasteiger partial charge < -0.3 is 15.3 Å². The lowest BCUT2D eigenvalue weighted by Crippen LogP contribution is -2.52. The number of hydrogen-bond donors (Lipinski definition) is 2. The number of aliphatic carboxylic acids is 1. The number of carboxylic acids is 1. The molecule has 2 atom stereocenters. The molecule has 17 heavy (non-hydrogen) atoms. The van der Waals surface area contributed by atoms with E-state index in [4.69, 9.17) is 5.11 Å². The van der Waals surface area contributed by atoms with Gasteiger partial charge in [0.2, 0.25) is 0 Å². The molecule has 1 saturated heterocycles. The number of nitrogens with one attached hydrogen (secondary N) is 1. The van der Waals surface area contributed by atoms with Crippen molar-refractivity contribution >= 4 is 23.8 Å². The van der Waals surface area contributed by atoms with E-state index in [0.717, 1.165) is 5.75 Å². The van der Waals surface area contributed by atoms with E-state index in [1.54, 1.807) is 18.7 Å². The predicted octanol–water partition coefficient (Wildman–Crippen LogP) is 1.24. The molecule has 1 fully saturated rings. The third-order valence-electron chi connectivity index (χ3n) is 2.74. The molecular weight excluding hydrogens is 240 g/mol. The number of thioether (sulfide) groups is 1. The molecule has 0 aromatic carbocycles. The molecule has 0 saturated carbocycles. The van der Waals surface area contributed by atoms with Crippen molar-refractivity contribution in [1.82, 2.24) is 10.2 Å². The van der Waals surface area contributed by atoms with Crippen LogP contribution >= 0.6 is 11.8 Å². The van der Waals surface area contributed by atoms with E-state index >= 15 is 0 Å². The lowest BCUT2D eigenvalue weighted by atomic mass is 10.1. The highest BCUT2D eigenvalue weighted by Crippen LogP contribution is 2.17. The summed E-state index contributed by atoms with van der Waals surface area (Å²) >= 11 is 1.83. The van der Waals surface area contributed by atoms with Crippen molar-refractivity contribution in [3.05, 3.63) is 0 Å². The van der Waals surface area contributed by atoms with Crippen LogP contribution < -0.4 is 5.32 Å². The van der Waals surface area contributed by atoms with Crippen LogP contribution in [0.25, 0.3) is 0 Å². The maximum absolute atomic E-state index is 11.9. The van der Waals surface area contributed by atoms with Crippen LogP contribution in [0.5, 0.6) is 0 Å². The maximum atomic E-state index is 11.9. The Bertz CT molecular complexity index is 296. The van der Waals surface area contributed by atoms with Crippen molar-refractivity contribution in [3.63, 3.8) is 0 Å². The van der Waals surface area contributed by atoms with Gasteiger partial charge in [-0.2, -0.15) is 11.8 Å². The monoisotopic (exact) mass is 260 g/mol. The summed E-state index contributed by atoms with van der Waals surface area (Å²) in [6.45, 7) is 7.01. The van der Waals surface area contributed by atoms with E-state index in [0.29, 0.717) is 18.3 Å². The minimum atomic E-state index is -0.979. The summed E-state index contributed by atoms with van der Waals surface area (Å²) in [5, 5.41) is 12.0. The summed E-state index contributed by atoms with van der Waals surface area (Å²) in [5.74, 6) is -0.186. The molecule has 0 radical (unpaired) electrons. The van der Waals surface area contributed by atoms with Gasteiger partial charge in [-0.25, -0.2) is 9.59 Å². The first-order valence-corrected chi connectivity index (χ1v) is 6.86. The number of amides is 2. The first-order valence-electron chi connectivity index (χ1n) is 5.81. The molecule has 0 bridgehead atoms. The molecular formula is C11H20N2O3S. The number of carboxylic acid groups (broad SMARTS) is 1. The van der Waals surface area contributed by atoms with Gasteiger partial charge in [0.15, 0.2) is 0 Å². The van der Waals surface area contributed by atoms with Crippen molar-refractivity contribution in [2.75, 3.05) is 18.8 Å². The SMILES string of the molecule is CC1CN(C(=O)NC(C(=O)O)C(C)C)CCS1. The van der Waals surface area contributed by atoms with Crippen LogP contribution in [0.2, 0.25) is 0 Å². The first-order chi connectivity index (χ1) is 7.91. The van der Waals surface area contributed by atoms with Crippen molar-refractivity contribution in [2.45, 2.75) is 32.1 Å². The van der Waals surface area contributed by atoms with Gasteiger partial charge in [-0.3, -0.25) is 0 Å². The summed E-state index contributed by atoms with van der Waals surface area (Å²) in [6, 6.07) is -1.08. The first kappa shape index (κ1) is 14.2. The maximum Gasteiger partial charge on any atom is 0.326 e. The van der Waals surface area contributed by atoms with Crippen molar-refractivity contribution in [2.24, 2.45) is 5.92 Å². The van der Waals surface area contributed by atoms with Crippen LogP contribution in [0.15, 0.2) is 0 Å². The Hall–Kier alpha value is -0.910. The molecule has 2 amide bonds. The smallest absolute Gasteiger partial charge is 0.326 e. The third kappa shape index (κ3) is 4.11. The highest BCUT2D eigenvalue weighted by molar-refractivity contribution is 7.99. The molecule has 98 valence electrons. The normalized spacial score (nSPS) is 22.4. The molecule has 1 aliphatic rings. The highest BCUT2D eigenvalue weighted by atomic mass is 32.2. The molecule has 5 nitrogen and oxygen atoms in total. The van der Waals surface area contributed by atoms with Crippen LogP contribution in [-0.4, -0.2) is 52.1 Å². The van der Waals surface area contributed by atoms with E-state index in [-0.39, 0.29) is 11.9 Å². The topological polar surface area (TPSA) is 69.6 Å². The standard InChI is InChI=1S/C11H20N2O3S/c1-7(2)9(10(14)15)12-11(16)13-4-5-17-8(3)6-13/h7-9H,4-6H2,1-3H3,(H,12,16)(H,14,15). The second-order valence-electron chi connectivity index (χ2n) is 4.64. The zero-order valence-corrected chi connectivity index (χ0v) is 11.3. The highest BCUT2D eigenvalue weighted by Gasteiger charge is 2.27. The lowest BCUT2D eigenvalue weighted by molar-refractivity contribution is -0.140. The average Bonchev–Trinajstić information content (AvgIpc) is 2.24. The molecule has 2 unspecified atom stereocenters. The summed E-state index contributed by atoms with van der Waals surface area (Å²) in [6.07, 6.45) is 0. The molecule has 0 aromatic heterocycles. The van der Waals surface area contributed by atoms with E-state index in [1.807, 2.05) is 11.8 Å². The number of carbonyl (C=O) groups is 2. The molecule has 1 heterocycles. The quantitative estimate of drug-likeness (QED) is 0.801. The van der Waals surface area contributed by atoms with Gasteiger partial charge in [-0.05, 0) is 5.92 Å². The van der Waals surface area contributed by atoms with E-state index in [1.165, 1.54) is 0 Å². The summed E-state index contributed by atoms with van der Waals surface area (Å²) < 4.78 is 0. The Morgan fingerprint density at radius 2 is 2.12 bits per heavy atom. The van der Waals surface area contributed by atoms with Gasteiger partial charge >= 0.3 is 12.0 Å². The van der Waals surface area contributed by atoms with E-state index in [9.17, 15) is 9.59 Å². The largest absolute Gasteiger partial charge is 0.480 e. The van der Waals surface area contributed by atoms with Crippen LogP contribution in [0.3, 0.4) is 0 Å². The Kier molecular flexibility index (Phi) is 5.11. The van der Waals surface area contributed by atoms with Crippen LogP contribution in [-0.2, 0) is 4.79 Å². The minimum absolute atomic E-state index is 0.118. The molecule has 6 heteroatoms. The molecule has 1 rings (SSSR count). The van der Waals surface area contributed by atoms with Crippen LogP contribution in [0, 0.1) is 5.92 Å². The number of carbonyl (C=O) groups excluding carboxylic acids is 1. The van der Waals surface area contributed by atoms with E-state index in [2.05, 4.69) is 12.2 Å². The summed E-state index contributed by atoms with van der Waals surface area (Å²) in [7, 11) is 0. The Morgan fingerprint density at radius 1 is 1.47 bits per heavy atom. The molecule has 1 aliphatic heterocycles.